The molecule has 1 rings (SSSR count). The summed E-state index contributed by atoms with van der Waals surface area (Å²) >= 11 is 3.29. The standard InChI is InChI=1S/C11H9BrO3/c12-9-4-1-8(2-5-9)3-6-10(13)7-11(14)15/h1-6H,7H2,(H,14,15)/b6-3+. The van der Waals surface area contributed by atoms with Crippen molar-refractivity contribution in [1.29, 1.82) is 0 Å². The largest absolute Gasteiger partial charge is 0.481 e. The van der Waals surface area contributed by atoms with Gasteiger partial charge >= 0.3 is 5.97 Å². The Labute approximate surface area is 95.6 Å². The molecular weight excluding hydrogens is 260 g/mol. The highest BCUT2D eigenvalue weighted by Gasteiger charge is 2.02. The Hall–Kier alpha value is -1.42. The number of benzene rings is 1. The molecule has 4 heteroatoms. The van der Waals surface area contributed by atoms with Crippen LogP contribution in [0.4, 0.5) is 0 Å². The number of halogens is 1. The van der Waals surface area contributed by atoms with Gasteiger partial charge < -0.3 is 5.11 Å². The molecule has 78 valence electrons. The number of carbonyl (C=O) groups is 2. The maximum Gasteiger partial charge on any atom is 0.311 e. The molecule has 0 heterocycles. The van der Waals surface area contributed by atoms with Crippen molar-refractivity contribution in [2.24, 2.45) is 0 Å². The highest BCUT2D eigenvalue weighted by Crippen LogP contribution is 2.11. The summed E-state index contributed by atoms with van der Waals surface area (Å²) in [6.07, 6.45) is 2.40. The van der Waals surface area contributed by atoms with E-state index in [0.29, 0.717) is 0 Å². The molecule has 3 nitrogen and oxygen atoms in total. The van der Waals surface area contributed by atoms with Crippen molar-refractivity contribution in [1.82, 2.24) is 0 Å². The van der Waals surface area contributed by atoms with Crippen molar-refractivity contribution in [3.8, 4) is 0 Å². The fourth-order valence-corrected chi connectivity index (χ4v) is 1.24. The van der Waals surface area contributed by atoms with Crippen LogP contribution in [0.3, 0.4) is 0 Å². The van der Waals surface area contributed by atoms with Gasteiger partial charge in [-0.25, -0.2) is 0 Å². The lowest BCUT2D eigenvalue weighted by Crippen LogP contribution is -2.02. The zero-order chi connectivity index (χ0) is 11.3. The van der Waals surface area contributed by atoms with Gasteiger partial charge in [-0.2, -0.15) is 0 Å². The number of hydrogen-bond acceptors (Lipinski definition) is 2. The van der Waals surface area contributed by atoms with Gasteiger partial charge in [0.1, 0.15) is 6.42 Å². The lowest BCUT2D eigenvalue weighted by molar-refractivity contribution is -0.139. The van der Waals surface area contributed by atoms with Crippen LogP contribution in [0.15, 0.2) is 34.8 Å². The van der Waals surface area contributed by atoms with Crippen LogP contribution < -0.4 is 0 Å². The number of carboxylic acids is 1. The summed E-state index contributed by atoms with van der Waals surface area (Å²) in [4.78, 5) is 21.2. The van der Waals surface area contributed by atoms with E-state index >= 15 is 0 Å². The van der Waals surface area contributed by atoms with Crippen LogP contribution in [0.1, 0.15) is 12.0 Å². The molecule has 1 aromatic carbocycles. The van der Waals surface area contributed by atoms with Crippen molar-refractivity contribution in [2.45, 2.75) is 6.42 Å². The van der Waals surface area contributed by atoms with Gasteiger partial charge in [0.25, 0.3) is 0 Å². The van der Waals surface area contributed by atoms with Crippen molar-refractivity contribution in [2.75, 3.05) is 0 Å². The SMILES string of the molecule is O=C(O)CC(=O)/C=C/c1ccc(Br)cc1. The van der Waals surface area contributed by atoms with Gasteiger partial charge in [0.2, 0.25) is 0 Å². The summed E-state index contributed by atoms with van der Waals surface area (Å²) < 4.78 is 0.955. The maximum atomic E-state index is 11.0. The first-order valence-corrected chi connectivity index (χ1v) is 5.05. The lowest BCUT2D eigenvalue weighted by Gasteiger charge is -1.93. The molecule has 0 aliphatic rings. The average Bonchev–Trinajstić information content (AvgIpc) is 2.16. The maximum absolute atomic E-state index is 11.0. The van der Waals surface area contributed by atoms with Gasteiger partial charge in [-0.05, 0) is 23.8 Å². The summed E-state index contributed by atoms with van der Waals surface area (Å²) in [5.74, 6) is -1.52. The Bertz CT molecular complexity index is 393. The third-order valence-electron chi connectivity index (χ3n) is 1.66. The molecule has 15 heavy (non-hydrogen) atoms. The van der Waals surface area contributed by atoms with Crippen LogP contribution in [0.5, 0.6) is 0 Å². The fourth-order valence-electron chi connectivity index (χ4n) is 0.971. The molecule has 0 aliphatic carbocycles. The highest BCUT2D eigenvalue weighted by molar-refractivity contribution is 9.10. The smallest absolute Gasteiger partial charge is 0.311 e. The quantitative estimate of drug-likeness (QED) is 0.675. The monoisotopic (exact) mass is 268 g/mol. The van der Waals surface area contributed by atoms with Crippen LogP contribution in [-0.2, 0) is 9.59 Å². The molecule has 0 saturated carbocycles. The molecule has 0 aromatic heterocycles. The van der Waals surface area contributed by atoms with E-state index in [0.717, 1.165) is 10.0 Å². The van der Waals surface area contributed by atoms with Crippen molar-refractivity contribution < 1.29 is 14.7 Å². The number of carboxylic acid groups (broad SMARTS) is 1. The number of rotatable bonds is 4. The van der Waals surface area contributed by atoms with Gasteiger partial charge in [0, 0.05) is 4.47 Å². The van der Waals surface area contributed by atoms with Gasteiger partial charge in [-0.1, -0.05) is 34.1 Å². The molecule has 1 N–H and O–H groups in total. The van der Waals surface area contributed by atoms with Crippen LogP contribution in [-0.4, -0.2) is 16.9 Å². The number of ketones is 1. The Kier molecular flexibility index (Phi) is 4.24. The van der Waals surface area contributed by atoms with Crippen LogP contribution in [0.25, 0.3) is 6.08 Å². The van der Waals surface area contributed by atoms with E-state index < -0.39 is 18.2 Å². The zero-order valence-electron chi connectivity index (χ0n) is 7.81. The predicted octanol–water partition coefficient (Wildman–Crippen LogP) is 2.51. The minimum Gasteiger partial charge on any atom is -0.481 e. The molecule has 0 unspecified atom stereocenters. The predicted molar refractivity (Wildman–Crippen MR) is 60.4 cm³/mol. The topological polar surface area (TPSA) is 54.4 Å². The van der Waals surface area contributed by atoms with Gasteiger partial charge in [-0.15, -0.1) is 0 Å². The minimum absolute atomic E-state index is 0.412. The normalized spacial score (nSPS) is 10.5. The van der Waals surface area contributed by atoms with E-state index in [1.54, 1.807) is 6.08 Å². The number of carbonyl (C=O) groups excluding carboxylic acids is 1. The minimum atomic E-state index is -1.11. The van der Waals surface area contributed by atoms with Gasteiger partial charge in [-0.3, -0.25) is 9.59 Å². The summed E-state index contributed by atoms with van der Waals surface area (Å²) in [7, 11) is 0. The Morgan fingerprint density at radius 1 is 1.27 bits per heavy atom. The van der Waals surface area contributed by atoms with Crippen LogP contribution in [0, 0.1) is 0 Å². The molecule has 1 aromatic rings. The number of allylic oxidation sites excluding steroid dienone is 1. The third-order valence-corrected chi connectivity index (χ3v) is 2.19. The van der Waals surface area contributed by atoms with E-state index in [1.165, 1.54) is 6.08 Å². The molecule has 0 saturated heterocycles. The molecule has 0 atom stereocenters. The summed E-state index contributed by atoms with van der Waals surface area (Å²) in [5.41, 5.74) is 0.858. The molecule has 0 spiro atoms. The molecule has 0 aliphatic heterocycles. The van der Waals surface area contributed by atoms with Crippen molar-refractivity contribution in [3.63, 3.8) is 0 Å². The molecular formula is C11H9BrO3. The van der Waals surface area contributed by atoms with E-state index in [4.69, 9.17) is 5.11 Å². The van der Waals surface area contributed by atoms with Crippen molar-refractivity contribution >= 4 is 33.8 Å². The zero-order valence-corrected chi connectivity index (χ0v) is 9.40. The third kappa shape index (κ3) is 4.56. The van der Waals surface area contributed by atoms with Crippen LogP contribution >= 0.6 is 15.9 Å². The van der Waals surface area contributed by atoms with Gasteiger partial charge in [0.05, 0.1) is 0 Å². The van der Waals surface area contributed by atoms with E-state index in [1.807, 2.05) is 24.3 Å². The van der Waals surface area contributed by atoms with E-state index in [9.17, 15) is 9.59 Å². The van der Waals surface area contributed by atoms with E-state index in [2.05, 4.69) is 15.9 Å². The first-order valence-electron chi connectivity index (χ1n) is 4.26. The second-order valence-corrected chi connectivity index (χ2v) is 3.84. The number of hydrogen-bond donors (Lipinski definition) is 1. The average molecular weight is 269 g/mol. The second kappa shape index (κ2) is 5.46. The first-order chi connectivity index (χ1) is 7.08. The molecule has 0 fully saturated rings. The molecule has 0 radical (unpaired) electrons. The first kappa shape index (κ1) is 11.7. The van der Waals surface area contributed by atoms with Gasteiger partial charge in [0.15, 0.2) is 5.78 Å². The summed E-state index contributed by atoms with van der Waals surface area (Å²) in [5, 5.41) is 8.36. The van der Waals surface area contributed by atoms with E-state index in [-0.39, 0.29) is 0 Å². The highest BCUT2D eigenvalue weighted by atomic mass is 79.9. The fraction of sp³-hybridized carbons (Fsp3) is 0.0909. The van der Waals surface area contributed by atoms with Crippen LogP contribution in [0.2, 0.25) is 0 Å². The molecule has 0 amide bonds. The lowest BCUT2D eigenvalue weighted by atomic mass is 10.2. The second-order valence-electron chi connectivity index (χ2n) is 2.92. The summed E-state index contributed by atoms with van der Waals surface area (Å²) in [6.45, 7) is 0. The number of aliphatic carboxylic acids is 1. The summed E-state index contributed by atoms with van der Waals surface area (Å²) in [6, 6.07) is 7.35. The Morgan fingerprint density at radius 2 is 1.87 bits per heavy atom. The van der Waals surface area contributed by atoms with Crippen molar-refractivity contribution in [3.05, 3.63) is 40.4 Å². The Morgan fingerprint density at radius 3 is 2.40 bits per heavy atom. The molecule has 0 bridgehead atoms. The Balaban J connectivity index is 2.61.